The predicted octanol–water partition coefficient (Wildman–Crippen LogP) is 2.16. The molecule has 2 aromatic rings. The van der Waals surface area contributed by atoms with Gasteiger partial charge in [-0.25, -0.2) is 17.2 Å². The highest BCUT2D eigenvalue weighted by atomic mass is 32.2. The first kappa shape index (κ1) is 15.2. The van der Waals surface area contributed by atoms with Gasteiger partial charge in [0.15, 0.2) is 5.82 Å². The van der Waals surface area contributed by atoms with Crippen LogP contribution in [0.5, 0.6) is 0 Å². The highest BCUT2D eigenvalue weighted by Gasteiger charge is 2.28. The van der Waals surface area contributed by atoms with Crippen molar-refractivity contribution in [1.82, 2.24) is 4.98 Å². The zero-order valence-electron chi connectivity index (χ0n) is 11.1. The van der Waals surface area contributed by atoms with Crippen LogP contribution in [0.4, 0.5) is 20.2 Å². The number of pyridine rings is 1. The Morgan fingerprint density at radius 1 is 1.19 bits per heavy atom. The molecule has 0 aliphatic rings. The normalized spacial score (nSPS) is 11.4. The molecule has 0 spiro atoms. The van der Waals surface area contributed by atoms with Gasteiger partial charge in [-0.2, -0.15) is 0 Å². The van der Waals surface area contributed by atoms with E-state index in [-0.39, 0.29) is 6.54 Å². The molecular weight excluding hydrogens is 300 g/mol. The fourth-order valence-corrected chi connectivity index (χ4v) is 3.42. The van der Waals surface area contributed by atoms with Crippen LogP contribution < -0.4 is 10.0 Å². The maximum Gasteiger partial charge on any atom is 0.267 e. The van der Waals surface area contributed by atoms with Crippen molar-refractivity contribution >= 4 is 21.4 Å². The molecule has 5 nitrogen and oxygen atoms in total. The van der Waals surface area contributed by atoms with Crippen LogP contribution in [-0.2, 0) is 10.0 Å². The predicted molar refractivity (Wildman–Crippen MR) is 75.2 cm³/mol. The molecule has 0 unspecified atom stereocenters. The highest BCUT2D eigenvalue weighted by Crippen LogP contribution is 2.28. The lowest BCUT2D eigenvalue weighted by molar-refractivity contribution is 0.553. The Labute approximate surface area is 121 Å². The fraction of sp³-hybridized carbons (Fsp3) is 0.154. The summed E-state index contributed by atoms with van der Waals surface area (Å²) in [7, 11) is -4.19. The van der Waals surface area contributed by atoms with Gasteiger partial charge in [0.2, 0.25) is 0 Å². The van der Waals surface area contributed by atoms with Crippen LogP contribution in [0.1, 0.15) is 6.92 Å². The van der Waals surface area contributed by atoms with E-state index in [4.69, 9.17) is 5.73 Å². The number of sulfonamides is 1. The van der Waals surface area contributed by atoms with Gasteiger partial charge in [0.1, 0.15) is 16.4 Å². The van der Waals surface area contributed by atoms with E-state index in [0.717, 1.165) is 16.4 Å². The van der Waals surface area contributed by atoms with Crippen molar-refractivity contribution in [1.29, 1.82) is 0 Å². The topological polar surface area (TPSA) is 76.3 Å². The van der Waals surface area contributed by atoms with Crippen molar-refractivity contribution in [3.63, 3.8) is 0 Å². The Morgan fingerprint density at radius 3 is 2.38 bits per heavy atom. The molecule has 0 amide bonds. The first-order valence-electron chi connectivity index (χ1n) is 6.05. The van der Waals surface area contributed by atoms with E-state index >= 15 is 0 Å². The number of nitrogen functional groups attached to an aromatic ring is 1. The van der Waals surface area contributed by atoms with Crippen molar-refractivity contribution in [3.8, 4) is 0 Å². The Morgan fingerprint density at radius 2 is 1.81 bits per heavy atom. The van der Waals surface area contributed by atoms with Gasteiger partial charge < -0.3 is 5.73 Å². The van der Waals surface area contributed by atoms with E-state index in [1.807, 2.05) is 0 Å². The lowest BCUT2D eigenvalue weighted by Crippen LogP contribution is -2.31. The summed E-state index contributed by atoms with van der Waals surface area (Å²) in [5.74, 6) is -2.29. The van der Waals surface area contributed by atoms with E-state index in [1.54, 1.807) is 6.92 Å². The number of nitrogens with zero attached hydrogens (tertiary/aromatic N) is 2. The summed E-state index contributed by atoms with van der Waals surface area (Å²) < 4.78 is 53.2. The van der Waals surface area contributed by atoms with E-state index in [1.165, 1.54) is 24.5 Å². The number of hydrogen-bond donors (Lipinski definition) is 1. The van der Waals surface area contributed by atoms with Crippen LogP contribution >= 0.6 is 0 Å². The third kappa shape index (κ3) is 2.66. The number of halogens is 2. The molecule has 0 atom stereocenters. The van der Waals surface area contributed by atoms with Crippen molar-refractivity contribution in [2.75, 3.05) is 16.6 Å². The smallest absolute Gasteiger partial charge is 0.267 e. The summed E-state index contributed by atoms with van der Waals surface area (Å²) in [6, 6.07) is 4.64. The molecule has 0 radical (unpaired) electrons. The maximum absolute atomic E-state index is 14.0. The van der Waals surface area contributed by atoms with Crippen molar-refractivity contribution in [2.24, 2.45) is 0 Å². The molecule has 0 fully saturated rings. The molecule has 21 heavy (non-hydrogen) atoms. The lowest BCUT2D eigenvalue weighted by atomic mass is 10.3. The summed E-state index contributed by atoms with van der Waals surface area (Å²) in [6.45, 7) is 1.67. The van der Waals surface area contributed by atoms with Gasteiger partial charge in [-0.1, -0.05) is 0 Å². The van der Waals surface area contributed by atoms with E-state index in [2.05, 4.69) is 4.98 Å². The minimum absolute atomic E-state index is 0.0725. The zero-order chi connectivity index (χ0) is 15.6. The Hall–Kier alpha value is -2.22. The first-order valence-corrected chi connectivity index (χ1v) is 7.49. The minimum Gasteiger partial charge on any atom is -0.394 e. The molecule has 0 saturated carbocycles. The van der Waals surface area contributed by atoms with E-state index in [9.17, 15) is 17.2 Å². The van der Waals surface area contributed by atoms with Gasteiger partial charge in [0.05, 0.1) is 5.69 Å². The summed E-state index contributed by atoms with van der Waals surface area (Å²) >= 11 is 0. The highest BCUT2D eigenvalue weighted by molar-refractivity contribution is 7.92. The van der Waals surface area contributed by atoms with Crippen LogP contribution in [0.3, 0.4) is 0 Å². The van der Waals surface area contributed by atoms with Crippen molar-refractivity contribution in [2.45, 2.75) is 11.8 Å². The average Bonchev–Trinajstić information content (AvgIpc) is 2.46. The van der Waals surface area contributed by atoms with E-state index < -0.39 is 32.2 Å². The Bertz CT molecular complexity index is 752. The number of benzene rings is 1. The largest absolute Gasteiger partial charge is 0.394 e. The minimum atomic E-state index is -4.19. The van der Waals surface area contributed by atoms with E-state index in [0.29, 0.717) is 5.69 Å². The third-order valence-corrected chi connectivity index (χ3v) is 4.82. The van der Waals surface area contributed by atoms with Gasteiger partial charge >= 0.3 is 0 Å². The van der Waals surface area contributed by atoms with Crippen molar-refractivity contribution < 1.29 is 17.2 Å². The number of aromatic nitrogens is 1. The molecule has 0 aliphatic heterocycles. The van der Waals surface area contributed by atoms with Gasteiger partial charge in [-0.3, -0.25) is 9.29 Å². The summed E-state index contributed by atoms with van der Waals surface area (Å²) in [6.07, 6.45) is 2.84. The maximum atomic E-state index is 14.0. The van der Waals surface area contributed by atoms with Crippen LogP contribution in [-0.4, -0.2) is 19.9 Å². The molecule has 0 aliphatic carbocycles. The quantitative estimate of drug-likeness (QED) is 0.878. The van der Waals surface area contributed by atoms with Crippen molar-refractivity contribution in [3.05, 3.63) is 48.3 Å². The molecule has 1 heterocycles. The van der Waals surface area contributed by atoms with Crippen LogP contribution in [0.25, 0.3) is 0 Å². The monoisotopic (exact) mass is 313 g/mol. The van der Waals surface area contributed by atoms with Crippen LogP contribution in [0, 0.1) is 11.6 Å². The molecular formula is C13H13F2N3O2S. The summed E-state index contributed by atoms with van der Waals surface area (Å²) in [5.41, 5.74) is 4.73. The Kier molecular flexibility index (Phi) is 4.08. The molecule has 8 heteroatoms. The molecule has 0 bridgehead atoms. The summed E-state index contributed by atoms with van der Waals surface area (Å²) in [4.78, 5) is 3.13. The van der Waals surface area contributed by atoms with Gasteiger partial charge in [0.25, 0.3) is 10.0 Å². The SMILES string of the molecule is CCN(c1ccncc1)S(=O)(=O)c1ccc(F)c(N)c1F. The number of hydrogen-bond acceptors (Lipinski definition) is 4. The molecule has 1 aromatic heterocycles. The molecule has 1 aromatic carbocycles. The van der Waals surface area contributed by atoms with Gasteiger partial charge in [-0.15, -0.1) is 0 Å². The second-order valence-electron chi connectivity index (χ2n) is 4.15. The van der Waals surface area contributed by atoms with Crippen LogP contribution in [0.2, 0.25) is 0 Å². The molecule has 2 N–H and O–H groups in total. The second-order valence-corrected chi connectivity index (χ2v) is 5.98. The number of anilines is 2. The Balaban J connectivity index is 2.58. The number of nitrogens with two attached hydrogens (primary N) is 1. The molecule has 2 rings (SSSR count). The summed E-state index contributed by atoms with van der Waals surface area (Å²) in [5, 5.41) is 0. The van der Waals surface area contributed by atoms with Crippen LogP contribution in [0.15, 0.2) is 41.6 Å². The fourth-order valence-electron chi connectivity index (χ4n) is 1.87. The second kappa shape index (κ2) is 5.65. The standard InChI is InChI=1S/C13H13F2N3O2S/c1-2-18(9-5-7-17-8-6-9)21(19,20)11-4-3-10(14)13(16)12(11)15/h3-8H,2,16H2,1H3. The third-order valence-electron chi connectivity index (χ3n) is 2.90. The average molecular weight is 313 g/mol. The lowest BCUT2D eigenvalue weighted by Gasteiger charge is -2.23. The molecule has 112 valence electrons. The zero-order valence-corrected chi connectivity index (χ0v) is 11.9. The van der Waals surface area contributed by atoms with Gasteiger partial charge in [-0.05, 0) is 31.2 Å². The number of rotatable bonds is 4. The first-order chi connectivity index (χ1) is 9.89. The molecule has 0 saturated heterocycles. The van der Waals surface area contributed by atoms with Gasteiger partial charge in [0, 0.05) is 18.9 Å².